The van der Waals surface area contributed by atoms with Gasteiger partial charge in [0, 0.05) is 10.0 Å². The molecular weight excluding hydrogens is 267 g/mol. The lowest BCUT2D eigenvalue weighted by Crippen LogP contribution is -1.86. The van der Waals surface area contributed by atoms with Crippen LogP contribution in [0.3, 0.4) is 0 Å². The Hall–Kier alpha value is -1.12. The molecule has 0 saturated carbocycles. The molecule has 0 radical (unpaired) electrons. The van der Waals surface area contributed by atoms with Crippen molar-refractivity contribution in [1.29, 1.82) is 5.26 Å². The smallest absolute Gasteiger partial charge is 0.133 e. The lowest BCUT2D eigenvalue weighted by molar-refractivity contribution is 0.767. The number of nitrogen functional groups attached to an aromatic ring is 1. The van der Waals surface area contributed by atoms with Crippen molar-refractivity contribution in [3.05, 3.63) is 29.2 Å². The fourth-order valence-electron chi connectivity index (χ4n) is 1.01. The summed E-state index contributed by atoms with van der Waals surface area (Å²) in [6.45, 7) is 6.77. The molecule has 1 heterocycles. The number of nitriles is 1. The zero-order valence-corrected chi connectivity index (χ0v) is 9.51. The van der Waals surface area contributed by atoms with Crippen molar-refractivity contribution >= 4 is 42.6 Å². The van der Waals surface area contributed by atoms with Gasteiger partial charge in [-0.25, -0.2) is 4.39 Å². The Bertz CT molecular complexity index is 456. The Morgan fingerprint density at radius 1 is 1.57 bits per heavy atom. The number of hydrogen-bond acceptors (Lipinski definition) is 3. The maximum atomic E-state index is 13.0. The molecule has 1 aromatic rings. The standard InChI is InChI=1S/C9H6BrFN2S/c1-4(10)7-6(3-12)9(13)14-8(7)5(2)11/h1-2,13H2. The molecule has 1 rings (SSSR count). The van der Waals surface area contributed by atoms with E-state index in [2.05, 4.69) is 29.1 Å². The van der Waals surface area contributed by atoms with Crippen molar-refractivity contribution in [2.45, 2.75) is 0 Å². The third-order valence-corrected chi connectivity index (χ3v) is 3.02. The molecule has 0 aliphatic heterocycles. The molecule has 72 valence electrons. The number of thiophene rings is 1. The predicted octanol–water partition coefficient (Wildman–Crippen LogP) is 3.51. The largest absolute Gasteiger partial charge is 0.389 e. The summed E-state index contributed by atoms with van der Waals surface area (Å²) in [7, 11) is 0. The number of rotatable bonds is 2. The van der Waals surface area contributed by atoms with E-state index in [-0.39, 0.29) is 15.4 Å². The van der Waals surface area contributed by atoms with Crippen molar-refractivity contribution in [2.75, 3.05) is 5.73 Å². The summed E-state index contributed by atoms with van der Waals surface area (Å²) in [5.41, 5.74) is 6.19. The van der Waals surface area contributed by atoms with Crippen LogP contribution in [0.25, 0.3) is 10.3 Å². The molecule has 2 nitrogen and oxygen atoms in total. The van der Waals surface area contributed by atoms with E-state index in [1.54, 1.807) is 0 Å². The zero-order chi connectivity index (χ0) is 10.9. The molecule has 0 unspecified atom stereocenters. The van der Waals surface area contributed by atoms with Crippen LogP contribution in [-0.4, -0.2) is 0 Å². The van der Waals surface area contributed by atoms with Gasteiger partial charge in [-0.2, -0.15) is 5.26 Å². The van der Waals surface area contributed by atoms with E-state index in [9.17, 15) is 4.39 Å². The number of anilines is 1. The second-order valence-corrected chi connectivity index (χ2v) is 4.48. The van der Waals surface area contributed by atoms with Gasteiger partial charge in [0.1, 0.15) is 16.9 Å². The van der Waals surface area contributed by atoms with Crippen LogP contribution in [0.4, 0.5) is 9.39 Å². The molecule has 5 heteroatoms. The van der Waals surface area contributed by atoms with Gasteiger partial charge in [-0.05, 0) is 0 Å². The monoisotopic (exact) mass is 272 g/mol. The molecule has 0 aromatic carbocycles. The first kappa shape index (κ1) is 11.0. The molecule has 0 amide bonds. The Morgan fingerprint density at radius 3 is 2.50 bits per heavy atom. The Morgan fingerprint density at radius 2 is 2.14 bits per heavy atom. The van der Waals surface area contributed by atoms with E-state index in [0.717, 1.165) is 11.3 Å². The van der Waals surface area contributed by atoms with Gasteiger partial charge in [0.05, 0.1) is 10.4 Å². The molecule has 0 bridgehead atoms. The van der Waals surface area contributed by atoms with Gasteiger partial charge in [0.15, 0.2) is 0 Å². The highest BCUT2D eigenvalue weighted by atomic mass is 79.9. The fraction of sp³-hybridized carbons (Fsp3) is 0. The van der Waals surface area contributed by atoms with Crippen molar-refractivity contribution in [3.63, 3.8) is 0 Å². The number of hydrogen-bond donors (Lipinski definition) is 1. The second kappa shape index (κ2) is 3.95. The number of halogens is 2. The maximum Gasteiger partial charge on any atom is 0.133 e. The first-order valence-electron chi connectivity index (χ1n) is 3.51. The van der Waals surface area contributed by atoms with Crippen LogP contribution >= 0.6 is 27.3 Å². The Balaban J connectivity index is 3.56. The van der Waals surface area contributed by atoms with Crippen molar-refractivity contribution in [3.8, 4) is 6.07 Å². The summed E-state index contributed by atoms with van der Waals surface area (Å²) >= 11 is 4.10. The van der Waals surface area contributed by atoms with E-state index in [1.807, 2.05) is 6.07 Å². The molecule has 0 fully saturated rings. The number of nitrogens with zero attached hydrogens (tertiary/aromatic N) is 1. The summed E-state index contributed by atoms with van der Waals surface area (Å²) < 4.78 is 13.4. The summed E-state index contributed by atoms with van der Waals surface area (Å²) in [4.78, 5) is 0.251. The molecule has 0 atom stereocenters. The molecule has 0 spiro atoms. The van der Waals surface area contributed by atoms with Gasteiger partial charge in [0.25, 0.3) is 0 Å². The summed E-state index contributed by atoms with van der Waals surface area (Å²) in [6.07, 6.45) is 0. The van der Waals surface area contributed by atoms with E-state index in [1.165, 1.54) is 0 Å². The van der Waals surface area contributed by atoms with Crippen LogP contribution in [0.1, 0.15) is 16.0 Å². The van der Waals surface area contributed by atoms with Gasteiger partial charge >= 0.3 is 0 Å². The average Bonchev–Trinajstić information content (AvgIpc) is 2.42. The number of nitrogens with two attached hydrogens (primary N) is 1. The highest BCUT2D eigenvalue weighted by molar-refractivity contribution is 9.15. The Kier molecular flexibility index (Phi) is 3.09. The van der Waals surface area contributed by atoms with E-state index >= 15 is 0 Å². The highest BCUT2D eigenvalue weighted by Gasteiger charge is 2.19. The minimum atomic E-state index is -0.612. The fourth-order valence-corrected chi connectivity index (χ4v) is 2.45. The summed E-state index contributed by atoms with van der Waals surface area (Å²) in [6, 6.07) is 1.91. The van der Waals surface area contributed by atoms with E-state index < -0.39 is 5.83 Å². The minimum absolute atomic E-state index is 0.241. The molecule has 0 aliphatic rings. The molecule has 1 aromatic heterocycles. The topological polar surface area (TPSA) is 49.8 Å². The molecule has 0 saturated heterocycles. The molecule has 2 N–H and O–H groups in total. The van der Waals surface area contributed by atoms with Crippen molar-refractivity contribution in [2.24, 2.45) is 0 Å². The SMILES string of the molecule is C=C(F)c1sc(N)c(C#N)c1C(=C)Br. The second-order valence-electron chi connectivity index (χ2n) is 2.47. The van der Waals surface area contributed by atoms with Gasteiger partial charge in [0.2, 0.25) is 0 Å². The van der Waals surface area contributed by atoms with Crippen molar-refractivity contribution < 1.29 is 4.39 Å². The van der Waals surface area contributed by atoms with E-state index in [4.69, 9.17) is 11.0 Å². The van der Waals surface area contributed by atoms with Crippen LogP contribution in [0.5, 0.6) is 0 Å². The third-order valence-electron chi connectivity index (χ3n) is 1.56. The zero-order valence-electron chi connectivity index (χ0n) is 7.10. The summed E-state index contributed by atoms with van der Waals surface area (Å²) in [5, 5.41) is 9.08. The van der Waals surface area contributed by atoms with Gasteiger partial charge in [-0.1, -0.05) is 29.1 Å². The maximum absolute atomic E-state index is 13.0. The van der Waals surface area contributed by atoms with Crippen LogP contribution in [-0.2, 0) is 0 Å². The van der Waals surface area contributed by atoms with Crippen LogP contribution in [0.2, 0.25) is 0 Å². The molecule has 0 aliphatic carbocycles. The molecule has 14 heavy (non-hydrogen) atoms. The third kappa shape index (κ3) is 1.72. The van der Waals surface area contributed by atoms with Gasteiger partial charge < -0.3 is 5.73 Å². The lowest BCUT2D eigenvalue weighted by atomic mass is 10.1. The van der Waals surface area contributed by atoms with Crippen LogP contribution in [0.15, 0.2) is 13.2 Å². The first-order chi connectivity index (χ1) is 6.49. The predicted molar refractivity (Wildman–Crippen MR) is 61.5 cm³/mol. The van der Waals surface area contributed by atoms with E-state index in [0.29, 0.717) is 10.0 Å². The summed E-state index contributed by atoms with van der Waals surface area (Å²) in [5.74, 6) is -0.612. The lowest BCUT2D eigenvalue weighted by Gasteiger charge is -1.98. The van der Waals surface area contributed by atoms with Crippen LogP contribution in [0, 0.1) is 11.3 Å². The van der Waals surface area contributed by atoms with Gasteiger partial charge in [-0.3, -0.25) is 0 Å². The first-order valence-corrected chi connectivity index (χ1v) is 5.12. The van der Waals surface area contributed by atoms with Crippen LogP contribution < -0.4 is 5.73 Å². The normalized spacial score (nSPS) is 9.50. The minimum Gasteiger partial charge on any atom is -0.389 e. The van der Waals surface area contributed by atoms with Gasteiger partial charge in [-0.15, -0.1) is 11.3 Å². The molecular formula is C9H6BrFN2S. The average molecular weight is 273 g/mol. The Labute approximate surface area is 93.3 Å². The van der Waals surface area contributed by atoms with Crippen molar-refractivity contribution in [1.82, 2.24) is 0 Å². The highest BCUT2D eigenvalue weighted by Crippen LogP contribution is 2.40. The quantitative estimate of drug-likeness (QED) is 0.896.